The molecule has 134 valence electrons. The molecular formula is C19H22O6. The lowest BCUT2D eigenvalue weighted by Crippen LogP contribution is -2.24. The lowest BCUT2D eigenvalue weighted by atomic mass is 9.89. The Balaban J connectivity index is 2.30. The van der Waals surface area contributed by atoms with Gasteiger partial charge in [0.05, 0.1) is 18.8 Å². The van der Waals surface area contributed by atoms with Crippen LogP contribution in [-0.4, -0.2) is 36.7 Å². The molecule has 0 spiro atoms. The van der Waals surface area contributed by atoms with Crippen molar-refractivity contribution in [3.8, 4) is 0 Å². The summed E-state index contributed by atoms with van der Waals surface area (Å²) in [5.74, 6) is -1.72. The van der Waals surface area contributed by atoms with E-state index < -0.39 is 17.5 Å². The van der Waals surface area contributed by atoms with Crippen molar-refractivity contribution in [1.82, 2.24) is 0 Å². The Bertz CT molecular complexity index is 712. The molecule has 1 aromatic carbocycles. The molecule has 1 heterocycles. The van der Waals surface area contributed by atoms with Gasteiger partial charge in [0.2, 0.25) is 0 Å². The van der Waals surface area contributed by atoms with E-state index in [1.54, 1.807) is 52.0 Å². The fourth-order valence-electron chi connectivity index (χ4n) is 2.66. The Kier molecular flexibility index (Phi) is 5.62. The molecule has 0 amide bonds. The summed E-state index contributed by atoms with van der Waals surface area (Å²) in [5.41, 5.74) is 0.930. The monoisotopic (exact) mass is 346 g/mol. The van der Waals surface area contributed by atoms with Crippen LogP contribution in [0.15, 0.2) is 35.4 Å². The van der Waals surface area contributed by atoms with Gasteiger partial charge in [0.15, 0.2) is 0 Å². The van der Waals surface area contributed by atoms with Crippen molar-refractivity contribution in [1.29, 1.82) is 0 Å². The summed E-state index contributed by atoms with van der Waals surface area (Å²) in [5, 5.41) is 0. The average Bonchev–Trinajstić information content (AvgIpc) is 2.77. The molecule has 0 unspecified atom stereocenters. The van der Waals surface area contributed by atoms with Crippen LogP contribution < -0.4 is 0 Å². The van der Waals surface area contributed by atoms with Crippen LogP contribution in [0.25, 0.3) is 0 Å². The van der Waals surface area contributed by atoms with Gasteiger partial charge in [0.25, 0.3) is 0 Å². The first-order chi connectivity index (χ1) is 11.8. The molecule has 6 heteroatoms. The van der Waals surface area contributed by atoms with Crippen molar-refractivity contribution in [2.75, 3.05) is 13.2 Å². The largest absolute Gasteiger partial charge is 0.462 e. The Morgan fingerprint density at radius 3 is 2.12 bits per heavy atom. The molecular weight excluding hydrogens is 324 g/mol. The molecule has 0 N–H and O–H groups in total. The zero-order valence-electron chi connectivity index (χ0n) is 14.9. The topological polar surface area (TPSA) is 78.9 Å². The molecule has 1 aromatic rings. The smallest absolute Gasteiger partial charge is 0.346 e. The first-order valence-corrected chi connectivity index (χ1v) is 8.20. The summed E-state index contributed by atoms with van der Waals surface area (Å²) in [6, 6.07) is 6.84. The maximum atomic E-state index is 12.1. The van der Waals surface area contributed by atoms with E-state index in [-0.39, 0.29) is 18.1 Å². The fraction of sp³-hybridized carbons (Fsp3) is 0.421. The van der Waals surface area contributed by atoms with Crippen molar-refractivity contribution in [2.24, 2.45) is 0 Å². The number of carbonyl (C=O) groups is 3. The van der Waals surface area contributed by atoms with E-state index in [4.69, 9.17) is 14.2 Å². The van der Waals surface area contributed by atoms with Crippen LogP contribution in [0.4, 0.5) is 0 Å². The van der Waals surface area contributed by atoms with Crippen LogP contribution in [0.5, 0.6) is 0 Å². The summed E-state index contributed by atoms with van der Waals surface area (Å²) < 4.78 is 15.2. The lowest BCUT2D eigenvalue weighted by Gasteiger charge is -2.21. The second kappa shape index (κ2) is 7.51. The zero-order valence-corrected chi connectivity index (χ0v) is 14.9. The Labute approximate surface area is 146 Å². The number of esters is 3. The minimum absolute atomic E-state index is 0.0404. The van der Waals surface area contributed by atoms with Crippen molar-refractivity contribution in [3.05, 3.63) is 46.5 Å². The van der Waals surface area contributed by atoms with Crippen molar-refractivity contribution < 1.29 is 28.6 Å². The van der Waals surface area contributed by atoms with Crippen LogP contribution in [0.2, 0.25) is 0 Å². The highest BCUT2D eigenvalue weighted by Gasteiger charge is 2.43. The van der Waals surface area contributed by atoms with Gasteiger partial charge in [0.1, 0.15) is 11.2 Å². The van der Waals surface area contributed by atoms with Crippen LogP contribution in [0, 0.1) is 0 Å². The quantitative estimate of drug-likeness (QED) is 0.447. The first kappa shape index (κ1) is 18.7. The molecule has 2 rings (SSSR count). The van der Waals surface area contributed by atoms with Crippen LogP contribution in [-0.2, 0) is 30.2 Å². The van der Waals surface area contributed by atoms with Crippen LogP contribution in [0.1, 0.15) is 43.6 Å². The molecule has 1 aliphatic heterocycles. The van der Waals surface area contributed by atoms with Gasteiger partial charge < -0.3 is 14.2 Å². The summed E-state index contributed by atoms with van der Waals surface area (Å²) in [6.45, 7) is 7.38. The number of rotatable bonds is 6. The first-order valence-electron chi connectivity index (χ1n) is 8.20. The molecule has 0 saturated heterocycles. The fourth-order valence-corrected chi connectivity index (χ4v) is 2.66. The van der Waals surface area contributed by atoms with Gasteiger partial charge in [0, 0.05) is 0 Å². The zero-order chi connectivity index (χ0) is 18.6. The number of benzene rings is 1. The van der Waals surface area contributed by atoms with E-state index >= 15 is 0 Å². The van der Waals surface area contributed by atoms with E-state index in [0.29, 0.717) is 24.2 Å². The van der Waals surface area contributed by atoms with Gasteiger partial charge >= 0.3 is 17.9 Å². The summed E-state index contributed by atoms with van der Waals surface area (Å²) in [7, 11) is 0. The van der Waals surface area contributed by atoms with Crippen molar-refractivity contribution in [2.45, 2.75) is 39.7 Å². The van der Waals surface area contributed by atoms with Gasteiger partial charge in [-0.3, -0.25) is 0 Å². The number of cyclic esters (lactones) is 1. The Morgan fingerprint density at radius 1 is 1.00 bits per heavy atom. The molecule has 1 aliphatic rings. The molecule has 0 aliphatic carbocycles. The minimum atomic E-state index is -0.890. The third-order valence-corrected chi connectivity index (χ3v) is 3.91. The summed E-state index contributed by atoms with van der Waals surface area (Å²) >= 11 is 0. The van der Waals surface area contributed by atoms with Gasteiger partial charge in [-0.25, -0.2) is 14.4 Å². The molecule has 0 fully saturated rings. The predicted octanol–water partition coefficient (Wildman–Crippen LogP) is 2.60. The maximum absolute atomic E-state index is 12.1. The highest BCUT2D eigenvalue weighted by atomic mass is 16.6. The summed E-state index contributed by atoms with van der Waals surface area (Å²) in [6.07, 6.45) is 0.343. The van der Waals surface area contributed by atoms with E-state index in [9.17, 15) is 14.4 Å². The lowest BCUT2D eigenvalue weighted by molar-refractivity contribution is -0.148. The number of hydrogen-bond donors (Lipinski definition) is 0. The third kappa shape index (κ3) is 4.07. The standard InChI is InChI=1S/C19H22O6/c1-5-23-16(20)13-9-7-12(8-10-13)11-14-15(17(21)24-6-2)18(22)25-19(14,3)4/h7-10H,5-6,11H2,1-4H3. The van der Waals surface area contributed by atoms with Gasteiger partial charge in [-0.15, -0.1) is 0 Å². The highest BCUT2D eigenvalue weighted by Crippen LogP contribution is 2.35. The van der Waals surface area contributed by atoms with Crippen LogP contribution in [0.3, 0.4) is 0 Å². The third-order valence-electron chi connectivity index (χ3n) is 3.91. The molecule has 0 atom stereocenters. The van der Waals surface area contributed by atoms with Gasteiger partial charge in [-0.05, 0) is 57.4 Å². The molecule has 0 bridgehead atoms. The number of ether oxygens (including phenoxy) is 3. The molecule has 0 radical (unpaired) electrons. The molecule has 0 saturated carbocycles. The minimum Gasteiger partial charge on any atom is -0.462 e. The highest BCUT2D eigenvalue weighted by molar-refractivity contribution is 6.16. The van der Waals surface area contributed by atoms with Crippen molar-refractivity contribution >= 4 is 17.9 Å². The van der Waals surface area contributed by atoms with Gasteiger partial charge in [-0.2, -0.15) is 0 Å². The van der Waals surface area contributed by atoms with Crippen LogP contribution >= 0.6 is 0 Å². The number of hydrogen-bond acceptors (Lipinski definition) is 6. The number of carbonyl (C=O) groups excluding carboxylic acids is 3. The van der Waals surface area contributed by atoms with E-state index in [2.05, 4.69) is 0 Å². The van der Waals surface area contributed by atoms with Gasteiger partial charge in [-0.1, -0.05) is 12.1 Å². The van der Waals surface area contributed by atoms with E-state index in [1.165, 1.54) is 0 Å². The normalized spacial score (nSPS) is 15.8. The van der Waals surface area contributed by atoms with E-state index in [1.807, 2.05) is 0 Å². The second-order valence-corrected chi connectivity index (χ2v) is 6.07. The second-order valence-electron chi connectivity index (χ2n) is 6.07. The summed E-state index contributed by atoms with van der Waals surface area (Å²) in [4.78, 5) is 35.9. The average molecular weight is 346 g/mol. The molecule has 6 nitrogen and oxygen atoms in total. The van der Waals surface area contributed by atoms with E-state index in [0.717, 1.165) is 5.56 Å². The maximum Gasteiger partial charge on any atom is 0.346 e. The molecule has 0 aromatic heterocycles. The Hall–Kier alpha value is -2.63. The predicted molar refractivity (Wildman–Crippen MR) is 89.9 cm³/mol. The molecule has 25 heavy (non-hydrogen) atoms. The van der Waals surface area contributed by atoms with Crippen molar-refractivity contribution in [3.63, 3.8) is 0 Å². The Morgan fingerprint density at radius 2 is 1.56 bits per heavy atom. The SMILES string of the molecule is CCOC(=O)C1=C(Cc2ccc(C(=O)OCC)cc2)C(C)(C)OC1=O.